The van der Waals surface area contributed by atoms with Crippen molar-refractivity contribution in [1.29, 1.82) is 0 Å². The van der Waals surface area contributed by atoms with Crippen LogP contribution in [0, 0.1) is 5.82 Å². The highest BCUT2D eigenvalue weighted by Crippen LogP contribution is 2.31. The van der Waals surface area contributed by atoms with Crippen LogP contribution in [-0.2, 0) is 12.7 Å². The summed E-state index contributed by atoms with van der Waals surface area (Å²) in [4.78, 5) is 0. The van der Waals surface area contributed by atoms with Crippen LogP contribution < -0.4 is 5.32 Å². The molecule has 0 aliphatic heterocycles. The fourth-order valence-electron chi connectivity index (χ4n) is 2.01. The molecule has 21 heavy (non-hydrogen) atoms. The van der Waals surface area contributed by atoms with E-state index in [2.05, 4.69) is 5.32 Å². The Morgan fingerprint density at radius 1 is 1.00 bits per heavy atom. The van der Waals surface area contributed by atoms with Crippen molar-refractivity contribution >= 4 is 0 Å². The maximum Gasteiger partial charge on any atom is 0.416 e. The zero-order chi connectivity index (χ0) is 15.5. The van der Waals surface area contributed by atoms with Crippen LogP contribution in [0.1, 0.15) is 18.1 Å². The third kappa shape index (κ3) is 3.82. The van der Waals surface area contributed by atoms with Gasteiger partial charge in [-0.1, -0.05) is 25.1 Å². The Balaban J connectivity index is 2.32. The van der Waals surface area contributed by atoms with E-state index in [4.69, 9.17) is 0 Å². The molecule has 0 atom stereocenters. The SMILES string of the molecule is CCNCc1ccc(F)c(-c2ccc(C(F)(F)F)cc2)c1. The lowest BCUT2D eigenvalue weighted by atomic mass is 10.0. The Morgan fingerprint density at radius 3 is 2.24 bits per heavy atom. The fourth-order valence-corrected chi connectivity index (χ4v) is 2.01. The molecule has 2 rings (SSSR count). The van der Waals surface area contributed by atoms with Gasteiger partial charge in [-0.15, -0.1) is 0 Å². The van der Waals surface area contributed by atoms with Gasteiger partial charge in [0.2, 0.25) is 0 Å². The van der Waals surface area contributed by atoms with Gasteiger partial charge in [-0.2, -0.15) is 13.2 Å². The Morgan fingerprint density at radius 2 is 1.67 bits per heavy atom. The van der Waals surface area contributed by atoms with E-state index in [9.17, 15) is 17.6 Å². The van der Waals surface area contributed by atoms with Crippen molar-refractivity contribution in [2.45, 2.75) is 19.6 Å². The minimum atomic E-state index is -4.38. The molecule has 2 aromatic rings. The van der Waals surface area contributed by atoms with Gasteiger partial charge in [0.25, 0.3) is 0 Å². The van der Waals surface area contributed by atoms with E-state index in [1.807, 2.05) is 6.92 Å². The van der Waals surface area contributed by atoms with Crippen LogP contribution in [0.2, 0.25) is 0 Å². The van der Waals surface area contributed by atoms with E-state index in [-0.39, 0.29) is 0 Å². The second kappa shape index (κ2) is 6.26. The minimum Gasteiger partial charge on any atom is -0.313 e. The van der Waals surface area contributed by atoms with Gasteiger partial charge in [-0.3, -0.25) is 0 Å². The van der Waals surface area contributed by atoms with Gasteiger partial charge in [0.15, 0.2) is 0 Å². The first-order chi connectivity index (χ1) is 9.91. The molecular weight excluding hydrogens is 282 g/mol. The molecule has 112 valence electrons. The monoisotopic (exact) mass is 297 g/mol. The molecule has 0 saturated carbocycles. The molecule has 0 heterocycles. The zero-order valence-electron chi connectivity index (χ0n) is 11.5. The fraction of sp³-hybridized carbons (Fsp3) is 0.250. The van der Waals surface area contributed by atoms with Gasteiger partial charge in [0, 0.05) is 12.1 Å². The van der Waals surface area contributed by atoms with Crippen LogP contribution in [-0.4, -0.2) is 6.54 Å². The van der Waals surface area contributed by atoms with Crippen molar-refractivity contribution in [1.82, 2.24) is 5.32 Å². The smallest absolute Gasteiger partial charge is 0.313 e. The predicted molar refractivity (Wildman–Crippen MR) is 74.2 cm³/mol. The number of hydrogen-bond donors (Lipinski definition) is 1. The lowest BCUT2D eigenvalue weighted by Crippen LogP contribution is -2.11. The van der Waals surface area contributed by atoms with E-state index in [0.29, 0.717) is 17.7 Å². The van der Waals surface area contributed by atoms with Gasteiger partial charge in [-0.25, -0.2) is 4.39 Å². The predicted octanol–water partition coefficient (Wildman–Crippen LogP) is 4.62. The number of hydrogen-bond acceptors (Lipinski definition) is 1. The van der Waals surface area contributed by atoms with Crippen molar-refractivity contribution in [2.75, 3.05) is 6.54 Å². The summed E-state index contributed by atoms with van der Waals surface area (Å²) >= 11 is 0. The second-order valence-corrected chi connectivity index (χ2v) is 4.67. The number of benzene rings is 2. The van der Waals surface area contributed by atoms with E-state index in [0.717, 1.165) is 24.2 Å². The minimum absolute atomic E-state index is 0.305. The summed E-state index contributed by atoms with van der Waals surface area (Å²) in [5, 5.41) is 3.12. The summed E-state index contributed by atoms with van der Waals surface area (Å²) in [5.74, 6) is -0.449. The van der Waals surface area contributed by atoms with E-state index >= 15 is 0 Å². The Hall–Kier alpha value is -1.88. The number of alkyl halides is 3. The maximum atomic E-state index is 13.9. The third-order valence-electron chi connectivity index (χ3n) is 3.13. The summed E-state index contributed by atoms with van der Waals surface area (Å²) in [6.45, 7) is 3.33. The molecule has 0 aliphatic rings. The lowest BCUT2D eigenvalue weighted by Gasteiger charge is -2.10. The van der Waals surface area contributed by atoms with Crippen LogP contribution in [0.25, 0.3) is 11.1 Å². The summed E-state index contributed by atoms with van der Waals surface area (Å²) in [7, 11) is 0. The number of halogens is 4. The molecule has 0 unspecified atom stereocenters. The largest absolute Gasteiger partial charge is 0.416 e. The standard InChI is InChI=1S/C16H15F4N/c1-2-21-10-11-3-8-15(17)14(9-11)12-4-6-13(7-5-12)16(18,19)20/h3-9,21H,2,10H2,1H3. The molecule has 5 heteroatoms. The summed E-state index contributed by atoms with van der Waals surface area (Å²) in [6.07, 6.45) is -4.38. The van der Waals surface area contributed by atoms with Crippen molar-refractivity contribution in [3.8, 4) is 11.1 Å². The van der Waals surface area contributed by atoms with Crippen LogP contribution in [0.3, 0.4) is 0 Å². The Labute approximate surface area is 120 Å². The number of nitrogens with one attached hydrogen (secondary N) is 1. The molecule has 0 amide bonds. The molecule has 0 aliphatic carbocycles. The maximum absolute atomic E-state index is 13.9. The number of rotatable bonds is 4. The molecule has 1 nitrogen and oxygen atoms in total. The average Bonchev–Trinajstić information content (AvgIpc) is 2.46. The van der Waals surface area contributed by atoms with Gasteiger partial charge in [0.05, 0.1) is 5.56 Å². The third-order valence-corrected chi connectivity index (χ3v) is 3.13. The molecule has 0 saturated heterocycles. The normalized spacial score (nSPS) is 11.7. The summed E-state index contributed by atoms with van der Waals surface area (Å²) in [5.41, 5.74) is 0.876. The molecular formula is C16H15F4N. The lowest BCUT2D eigenvalue weighted by molar-refractivity contribution is -0.137. The second-order valence-electron chi connectivity index (χ2n) is 4.67. The van der Waals surface area contributed by atoms with Crippen molar-refractivity contribution in [2.24, 2.45) is 0 Å². The Bertz CT molecular complexity index is 603. The van der Waals surface area contributed by atoms with Crippen LogP contribution in [0.5, 0.6) is 0 Å². The molecule has 0 spiro atoms. The summed E-state index contributed by atoms with van der Waals surface area (Å²) in [6, 6.07) is 9.15. The molecule has 0 bridgehead atoms. The van der Waals surface area contributed by atoms with E-state index in [1.165, 1.54) is 18.2 Å². The van der Waals surface area contributed by atoms with Crippen LogP contribution >= 0.6 is 0 Å². The van der Waals surface area contributed by atoms with Crippen molar-refractivity contribution < 1.29 is 17.6 Å². The highest BCUT2D eigenvalue weighted by atomic mass is 19.4. The Kier molecular flexibility index (Phi) is 4.63. The topological polar surface area (TPSA) is 12.0 Å². The van der Waals surface area contributed by atoms with Gasteiger partial charge in [0.1, 0.15) is 5.82 Å². The highest BCUT2D eigenvalue weighted by molar-refractivity contribution is 5.65. The molecule has 0 radical (unpaired) electrons. The molecule has 1 N–H and O–H groups in total. The van der Waals surface area contributed by atoms with Crippen LogP contribution in [0.15, 0.2) is 42.5 Å². The molecule has 0 aromatic heterocycles. The quantitative estimate of drug-likeness (QED) is 0.812. The first-order valence-electron chi connectivity index (χ1n) is 6.58. The van der Waals surface area contributed by atoms with E-state index < -0.39 is 17.6 Å². The summed E-state index contributed by atoms with van der Waals surface area (Å²) < 4.78 is 51.4. The zero-order valence-corrected chi connectivity index (χ0v) is 11.5. The first kappa shape index (κ1) is 15.5. The highest BCUT2D eigenvalue weighted by Gasteiger charge is 2.30. The average molecular weight is 297 g/mol. The van der Waals surface area contributed by atoms with Crippen LogP contribution in [0.4, 0.5) is 17.6 Å². The van der Waals surface area contributed by atoms with Crippen molar-refractivity contribution in [3.63, 3.8) is 0 Å². The van der Waals surface area contributed by atoms with Gasteiger partial charge >= 0.3 is 6.18 Å². The van der Waals surface area contributed by atoms with E-state index in [1.54, 1.807) is 12.1 Å². The van der Waals surface area contributed by atoms with Crippen molar-refractivity contribution in [3.05, 3.63) is 59.4 Å². The van der Waals surface area contributed by atoms with Gasteiger partial charge in [-0.05, 0) is 41.9 Å². The molecule has 0 fully saturated rings. The first-order valence-corrected chi connectivity index (χ1v) is 6.58. The van der Waals surface area contributed by atoms with Gasteiger partial charge < -0.3 is 5.32 Å². The molecule has 2 aromatic carbocycles.